The Kier molecular flexibility index (Phi) is 6.17. The first kappa shape index (κ1) is 12.3. The van der Waals surface area contributed by atoms with Gasteiger partial charge < -0.3 is 5.41 Å². The fraction of sp³-hybridized carbons (Fsp3) is 0.462. The van der Waals surface area contributed by atoms with Gasteiger partial charge in [-0.15, -0.1) is 0 Å². The molecule has 0 heterocycles. The number of hydrogen-bond acceptors (Lipinski definition) is 2. The molecule has 1 rings (SSSR count). The molecule has 2 heteroatoms. The van der Waals surface area contributed by atoms with E-state index >= 15 is 0 Å². The average molecular weight is 221 g/mol. The maximum atomic E-state index is 7.10. The number of thiol groups is 1. The average Bonchev–Trinajstić information content (AvgIpc) is 2.30. The van der Waals surface area contributed by atoms with Crippen LogP contribution in [0.15, 0.2) is 24.3 Å². The van der Waals surface area contributed by atoms with Gasteiger partial charge in [0.05, 0.1) is 0 Å². The van der Waals surface area contributed by atoms with Crippen molar-refractivity contribution in [2.45, 2.75) is 32.1 Å². The van der Waals surface area contributed by atoms with E-state index in [0.717, 1.165) is 17.7 Å². The lowest BCUT2D eigenvalue weighted by Crippen LogP contribution is -1.87. The zero-order valence-corrected chi connectivity index (χ0v) is 9.97. The Morgan fingerprint density at radius 3 is 2.27 bits per heavy atom. The zero-order chi connectivity index (χ0) is 10.9. The molecule has 0 aliphatic rings. The summed E-state index contributed by atoms with van der Waals surface area (Å²) in [5.74, 6) is 1.01. The van der Waals surface area contributed by atoms with Gasteiger partial charge in [-0.3, -0.25) is 0 Å². The van der Waals surface area contributed by atoms with E-state index in [1.165, 1.54) is 37.5 Å². The Hall–Kier alpha value is -0.760. The summed E-state index contributed by atoms with van der Waals surface area (Å²) in [5.41, 5.74) is 2.36. The third-order valence-corrected chi connectivity index (χ3v) is 2.84. The van der Waals surface area contributed by atoms with Gasteiger partial charge in [0.15, 0.2) is 0 Å². The molecule has 0 amide bonds. The quantitative estimate of drug-likeness (QED) is 0.398. The van der Waals surface area contributed by atoms with Crippen LogP contribution in [-0.4, -0.2) is 12.0 Å². The first-order valence-corrected chi connectivity index (χ1v) is 6.20. The molecule has 0 atom stereocenters. The predicted molar refractivity (Wildman–Crippen MR) is 70.4 cm³/mol. The summed E-state index contributed by atoms with van der Waals surface area (Å²) in [4.78, 5) is 0. The maximum absolute atomic E-state index is 7.10. The van der Waals surface area contributed by atoms with E-state index in [-0.39, 0.29) is 0 Å². The highest BCUT2D eigenvalue weighted by atomic mass is 32.1. The lowest BCUT2D eigenvalue weighted by atomic mass is 10.1. The highest BCUT2D eigenvalue weighted by Gasteiger charge is 1.94. The van der Waals surface area contributed by atoms with E-state index < -0.39 is 0 Å². The zero-order valence-electron chi connectivity index (χ0n) is 9.08. The lowest BCUT2D eigenvalue weighted by molar-refractivity contribution is 0.671. The highest BCUT2D eigenvalue weighted by Crippen LogP contribution is 2.09. The van der Waals surface area contributed by atoms with Crippen LogP contribution in [0, 0.1) is 5.41 Å². The van der Waals surface area contributed by atoms with Crippen LogP contribution in [0.1, 0.15) is 36.8 Å². The molecule has 0 fully saturated rings. The van der Waals surface area contributed by atoms with Gasteiger partial charge in [0.2, 0.25) is 0 Å². The topological polar surface area (TPSA) is 23.9 Å². The Labute approximate surface area is 97.8 Å². The minimum Gasteiger partial charge on any atom is -0.308 e. The number of unbranched alkanes of at least 4 members (excludes halogenated alkanes) is 3. The molecule has 0 saturated carbocycles. The van der Waals surface area contributed by atoms with Crippen molar-refractivity contribution in [3.63, 3.8) is 0 Å². The number of rotatable bonds is 7. The van der Waals surface area contributed by atoms with Crippen LogP contribution < -0.4 is 0 Å². The summed E-state index contributed by atoms with van der Waals surface area (Å²) in [5, 5.41) is 7.10. The minimum atomic E-state index is 0.980. The lowest BCUT2D eigenvalue weighted by Gasteiger charge is -2.01. The van der Waals surface area contributed by atoms with E-state index in [2.05, 4.69) is 24.8 Å². The van der Waals surface area contributed by atoms with E-state index in [0.29, 0.717) is 0 Å². The minimum absolute atomic E-state index is 0.980. The van der Waals surface area contributed by atoms with Crippen LogP contribution in [0.2, 0.25) is 0 Å². The summed E-state index contributed by atoms with van der Waals surface area (Å²) in [7, 11) is 0. The van der Waals surface area contributed by atoms with Crippen molar-refractivity contribution < 1.29 is 0 Å². The first-order chi connectivity index (χ1) is 7.36. The van der Waals surface area contributed by atoms with E-state index in [1.807, 2.05) is 12.1 Å². The van der Waals surface area contributed by atoms with Crippen LogP contribution >= 0.6 is 12.6 Å². The van der Waals surface area contributed by atoms with Gasteiger partial charge >= 0.3 is 0 Å². The van der Waals surface area contributed by atoms with Gasteiger partial charge in [-0.1, -0.05) is 37.1 Å². The predicted octanol–water partition coefficient (Wildman–Crippen LogP) is 3.72. The standard InChI is InChI=1S/C13H19NS/c14-11-13-8-6-12(7-9-13)5-3-1-2-4-10-15/h6-9,11,14-15H,1-5,10H2. The molecule has 1 N–H and O–H groups in total. The molecule has 1 aromatic rings. The van der Waals surface area contributed by atoms with Crippen molar-refractivity contribution in [1.82, 2.24) is 0 Å². The second-order valence-electron chi connectivity index (χ2n) is 3.77. The molecule has 0 aliphatic carbocycles. The van der Waals surface area contributed by atoms with Crippen molar-refractivity contribution in [3.05, 3.63) is 35.4 Å². The molecule has 0 aromatic heterocycles. The van der Waals surface area contributed by atoms with Gasteiger partial charge in [0.25, 0.3) is 0 Å². The second kappa shape index (κ2) is 7.52. The van der Waals surface area contributed by atoms with Gasteiger partial charge in [-0.25, -0.2) is 0 Å². The molecule has 0 saturated heterocycles. The largest absolute Gasteiger partial charge is 0.308 e. The molecule has 0 unspecified atom stereocenters. The summed E-state index contributed by atoms with van der Waals surface area (Å²) in [6.45, 7) is 0. The third-order valence-electron chi connectivity index (χ3n) is 2.52. The molecule has 0 spiro atoms. The molecule has 82 valence electrons. The van der Waals surface area contributed by atoms with Gasteiger partial charge in [0.1, 0.15) is 0 Å². The smallest absolute Gasteiger partial charge is 0.0250 e. The third kappa shape index (κ3) is 5.03. The fourth-order valence-corrected chi connectivity index (χ4v) is 1.80. The van der Waals surface area contributed by atoms with Crippen molar-refractivity contribution in [2.75, 3.05) is 5.75 Å². The normalized spacial score (nSPS) is 10.2. The molecule has 1 aromatic carbocycles. The summed E-state index contributed by atoms with van der Waals surface area (Å²) < 4.78 is 0. The van der Waals surface area contributed by atoms with Gasteiger partial charge in [-0.05, 0) is 36.1 Å². The summed E-state index contributed by atoms with van der Waals surface area (Å²) in [6.07, 6.45) is 7.63. The molecule has 1 nitrogen and oxygen atoms in total. The maximum Gasteiger partial charge on any atom is 0.0250 e. The SMILES string of the molecule is N=Cc1ccc(CCCCCCS)cc1. The number of hydrogen-bond donors (Lipinski definition) is 2. The Morgan fingerprint density at radius 1 is 1.00 bits per heavy atom. The molecule has 0 radical (unpaired) electrons. The highest BCUT2D eigenvalue weighted by molar-refractivity contribution is 7.80. The van der Waals surface area contributed by atoms with E-state index in [1.54, 1.807) is 0 Å². The van der Waals surface area contributed by atoms with Crippen LogP contribution in [-0.2, 0) is 6.42 Å². The van der Waals surface area contributed by atoms with E-state index in [9.17, 15) is 0 Å². The number of nitrogens with one attached hydrogen (secondary N) is 1. The second-order valence-corrected chi connectivity index (χ2v) is 4.22. The van der Waals surface area contributed by atoms with Crippen molar-refractivity contribution in [2.24, 2.45) is 0 Å². The van der Waals surface area contributed by atoms with Crippen molar-refractivity contribution in [1.29, 1.82) is 5.41 Å². The van der Waals surface area contributed by atoms with Crippen molar-refractivity contribution >= 4 is 18.8 Å². The fourth-order valence-electron chi connectivity index (χ4n) is 1.58. The molecule has 0 bridgehead atoms. The monoisotopic (exact) mass is 221 g/mol. The molecule has 0 aliphatic heterocycles. The number of benzene rings is 1. The van der Waals surface area contributed by atoms with Gasteiger partial charge in [-0.2, -0.15) is 12.6 Å². The van der Waals surface area contributed by atoms with Crippen LogP contribution in [0.25, 0.3) is 0 Å². The Balaban J connectivity index is 2.22. The van der Waals surface area contributed by atoms with E-state index in [4.69, 9.17) is 5.41 Å². The van der Waals surface area contributed by atoms with Gasteiger partial charge in [0, 0.05) is 6.21 Å². The summed E-state index contributed by atoms with van der Waals surface area (Å²) in [6, 6.07) is 8.27. The van der Waals surface area contributed by atoms with Crippen LogP contribution in [0.4, 0.5) is 0 Å². The molecular formula is C13H19NS. The first-order valence-electron chi connectivity index (χ1n) is 5.57. The Bertz CT molecular complexity index is 279. The van der Waals surface area contributed by atoms with Crippen LogP contribution in [0.3, 0.4) is 0 Å². The Morgan fingerprint density at radius 2 is 1.67 bits per heavy atom. The molecular weight excluding hydrogens is 202 g/mol. The number of aryl methyl sites for hydroxylation is 1. The summed E-state index contributed by atoms with van der Waals surface area (Å²) >= 11 is 4.19. The van der Waals surface area contributed by atoms with Crippen LogP contribution in [0.5, 0.6) is 0 Å². The van der Waals surface area contributed by atoms with Crippen molar-refractivity contribution in [3.8, 4) is 0 Å². The molecule has 15 heavy (non-hydrogen) atoms.